The molecular formula is C20H19IN2O3S. The van der Waals surface area contributed by atoms with Crippen molar-refractivity contribution in [1.29, 1.82) is 0 Å². The molecule has 7 heteroatoms. The first-order valence-electron chi connectivity index (χ1n) is 8.41. The van der Waals surface area contributed by atoms with Gasteiger partial charge in [0, 0.05) is 15.7 Å². The summed E-state index contributed by atoms with van der Waals surface area (Å²) in [6.07, 6.45) is 1.79. The van der Waals surface area contributed by atoms with Crippen LogP contribution in [0.2, 0.25) is 0 Å². The molecule has 0 radical (unpaired) electrons. The summed E-state index contributed by atoms with van der Waals surface area (Å²) in [5.74, 6) is 1.41. The summed E-state index contributed by atoms with van der Waals surface area (Å²) in [5.41, 5.74) is 2.23. The van der Waals surface area contributed by atoms with Crippen molar-refractivity contribution in [2.45, 2.75) is 13.5 Å². The average molecular weight is 494 g/mol. The molecular weight excluding hydrogens is 475 g/mol. The highest BCUT2D eigenvalue weighted by molar-refractivity contribution is 14.1. The number of thiocarbonyl (C=S) groups is 1. The van der Waals surface area contributed by atoms with Gasteiger partial charge in [0.1, 0.15) is 23.8 Å². The second kappa shape index (κ2) is 8.71. The number of amides is 1. The smallest absolute Gasteiger partial charge is 0.276 e. The van der Waals surface area contributed by atoms with Crippen LogP contribution < -0.4 is 14.8 Å². The molecule has 1 fully saturated rings. The van der Waals surface area contributed by atoms with Crippen molar-refractivity contribution in [1.82, 2.24) is 10.2 Å². The van der Waals surface area contributed by atoms with Crippen LogP contribution in [0.1, 0.15) is 18.1 Å². The molecule has 27 heavy (non-hydrogen) atoms. The molecule has 0 aromatic heterocycles. The van der Waals surface area contributed by atoms with Gasteiger partial charge in [-0.2, -0.15) is 0 Å². The molecule has 0 aliphatic carbocycles. The second-order valence-electron chi connectivity index (χ2n) is 5.85. The van der Waals surface area contributed by atoms with Crippen molar-refractivity contribution in [3.05, 3.63) is 62.9 Å². The van der Waals surface area contributed by atoms with Crippen molar-refractivity contribution in [2.24, 2.45) is 0 Å². The highest BCUT2D eigenvalue weighted by atomic mass is 127. The minimum atomic E-state index is -0.116. The molecule has 1 N–H and O–H groups in total. The lowest BCUT2D eigenvalue weighted by atomic mass is 10.1. The van der Waals surface area contributed by atoms with Crippen LogP contribution in [-0.4, -0.2) is 29.6 Å². The van der Waals surface area contributed by atoms with Crippen LogP contribution in [0.3, 0.4) is 0 Å². The van der Waals surface area contributed by atoms with Gasteiger partial charge >= 0.3 is 0 Å². The molecule has 2 aromatic rings. The number of hydrogen-bond acceptors (Lipinski definition) is 4. The molecule has 140 valence electrons. The van der Waals surface area contributed by atoms with Crippen LogP contribution in [0.4, 0.5) is 0 Å². The van der Waals surface area contributed by atoms with Crippen LogP contribution in [0.5, 0.6) is 11.5 Å². The molecule has 1 heterocycles. The van der Waals surface area contributed by atoms with E-state index in [1.807, 2.05) is 49.4 Å². The van der Waals surface area contributed by atoms with Crippen LogP contribution in [0, 0.1) is 3.57 Å². The molecule has 2 aromatic carbocycles. The Labute approximate surface area is 177 Å². The van der Waals surface area contributed by atoms with Gasteiger partial charge in [-0.05, 0) is 89.8 Å². The highest BCUT2D eigenvalue weighted by Gasteiger charge is 2.29. The quantitative estimate of drug-likeness (QED) is 0.375. The Morgan fingerprint density at radius 3 is 2.59 bits per heavy atom. The van der Waals surface area contributed by atoms with Crippen molar-refractivity contribution in [3.63, 3.8) is 0 Å². The number of hydrogen-bond donors (Lipinski definition) is 1. The van der Waals surface area contributed by atoms with Gasteiger partial charge in [0.25, 0.3) is 5.91 Å². The average Bonchev–Trinajstić information content (AvgIpc) is 2.94. The van der Waals surface area contributed by atoms with E-state index in [9.17, 15) is 4.79 Å². The topological polar surface area (TPSA) is 50.8 Å². The molecule has 5 nitrogen and oxygen atoms in total. The lowest BCUT2D eigenvalue weighted by molar-refractivity contribution is -0.122. The van der Waals surface area contributed by atoms with Gasteiger partial charge in [-0.25, -0.2) is 0 Å². The van der Waals surface area contributed by atoms with Crippen LogP contribution in [-0.2, 0) is 11.4 Å². The number of nitrogens with one attached hydrogen (secondary N) is 1. The summed E-state index contributed by atoms with van der Waals surface area (Å²) < 4.78 is 12.5. The lowest BCUT2D eigenvalue weighted by Gasteiger charge is -2.11. The van der Waals surface area contributed by atoms with Gasteiger partial charge in [0.05, 0.1) is 7.11 Å². The summed E-state index contributed by atoms with van der Waals surface area (Å²) in [6, 6.07) is 13.6. The molecule has 0 bridgehead atoms. The largest absolute Gasteiger partial charge is 0.496 e. The minimum absolute atomic E-state index is 0.116. The Hall–Kier alpha value is -2.13. The van der Waals surface area contributed by atoms with E-state index in [0.29, 0.717) is 24.0 Å². The van der Waals surface area contributed by atoms with Gasteiger partial charge in [-0.1, -0.05) is 6.07 Å². The van der Waals surface area contributed by atoms with E-state index in [4.69, 9.17) is 21.7 Å². The predicted molar refractivity (Wildman–Crippen MR) is 118 cm³/mol. The number of nitrogens with zero attached hydrogens (tertiary/aromatic N) is 1. The standard InChI is InChI=1S/C20H19IN2O3S/c1-3-23-19(24)17(22-20(23)27)11-13-4-9-18(25-2)14(10-13)12-26-16-7-5-15(21)6-8-16/h4-11H,3,12H2,1-2H3,(H,22,27)/b17-11+. The SMILES string of the molecule is CCN1C(=O)/C(=C\c2ccc(OC)c(COc3ccc(I)cc3)c2)NC1=S. The third-order valence-corrected chi connectivity index (χ3v) is 5.14. The third kappa shape index (κ3) is 4.59. The van der Waals surface area contributed by atoms with E-state index in [1.54, 1.807) is 13.2 Å². The summed E-state index contributed by atoms with van der Waals surface area (Å²) in [5, 5.41) is 3.40. The van der Waals surface area contributed by atoms with E-state index >= 15 is 0 Å². The normalized spacial score (nSPS) is 15.2. The Kier molecular flexibility index (Phi) is 6.33. The Morgan fingerprint density at radius 1 is 1.22 bits per heavy atom. The zero-order valence-electron chi connectivity index (χ0n) is 15.0. The number of methoxy groups -OCH3 is 1. The van der Waals surface area contributed by atoms with E-state index < -0.39 is 0 Å². The fourth-order valence-electron chi connectivity index (χ4n) is 2.72. The van der Waals surface area contributed by atoms with Gasteiger partial charge in [-0.15, -0.1) is 0 Å². The minimum Gasteiger partial charge on any atom is -0.496 e. The zero-order valence-corrected chi connectivity index (χ0v) is 18.0. The van der Waals surface area contributed by atoms with Crippen molar-refractivity contribution in [2.75, 3.05) is 13.7 Å². The molecule has 0 saturated carbocycles. The van der Waals surface area contributed by atoms with Crippen molar-refractivity contribution in [3.8, 4) is 11.5 Å². The number of carbonyl (C=O) groups is 1. The van der Waals surface area contributed by atoms with Crippen molar-refractivity contribution < 1.29 is 14.3 Å². The molecule has 1 saturated heterocycles. The van der Waals surface area contributed by atoms with Crippen molar-refractivity contribution >= 4 is 51.9 Å². The van der Waals surface area contributed by atoms with Gasteiger partial charge in [-0.3, -0.25) is 9.69 Å². The van der Waals surface area contributed by atoms with Crippen LogP contribution >= 0.6 is 34.8 Å². The van der Waals surface area contributed by atoms with Crippen LogP contribution in [0.15, 0.2) is 48.2 Å². The monoisotopic (exact) mass is 494 g/mol. The molecule has 0 atom stereocenters. The van der Waals surface area contributed by atoms with E-state index in [1.165, 1.54) is 4.90 Å². The Balaban J connectivity index is 1.81. The van der Waals surface area contributed by atoms with E-state index in [0.717, 1.165) is 26.2 Å². The first kappa shape index (κ1) is 19.6. The molecule has 0 unspecified atom stereocenters. The van der Waals surface area contributed by atoms with Gasteiger partial charge in [0.2, 0.25) is 0 Å². The van der Waals surface area contributed by atoms with Gasteiger partial charge in [0.15, 0.2) is 5.11 Å². The number of ether oxygens (including phenoxy) is 2. The van der Waals surface area contributed by atoms with Gasteiger partial charge < -0.3 is 14.8 Å². The first-order valence-corrected chi connectivity index (χ1v) is 9.90. The zero-order chi connectivity index (χ0) is 19.4. The fraction of sp³-hybridized carbons (Fsp3) is 0.200. The summed E-state index contributed by atoms with van der Waals surface area (Å²) in [7, 11) is 1.63. The Bertz CT molecular complexity index is 897. The van der Waals surface area contributed by atoms with E-state index in [-0.39, 0.29) is 5.91 Å². The molecule has 1 aliphatic heterocycles. The number of benzene rings is 2. The maximum atomic E-state index is 12.4. The Morgan fingerprint density at radius 2 is 1.96 bits per heavy atom. The maximum absolute atomic E-state index is 12.4. The summed E-state index contributed by atoms with van der Waals surface area (Å²) in [4.78, 5) is 13.9. The highest BCUT2D eigenvalue weighted by Crippen LogP contribution is 2.24. The molecule has 3 rings (SSSR count). The molecule has 1 aliphatic rings. The van der Waals surface area contributed by atoms with Crippen LogP contribution in [0.25, 0.3) is 6.08 Å². The second-order valence-corrected chi connectivity index (χ2v) is 7.48. The number of likely N-dealkylation sites (N-methyl/N-ethyl adjacent to an activating group) is 1. The fourth-order valence-corrected chi connectivity index (χ4v) is 3.40. The summed E-state index contributed by atoms with van der Waals surface area (Å²) >= 11 is 7.45. The lowest BCUT2D eigenvalue weighted by Crippen LogP contribution is -2.30. The third-order valence-electron chi connectivity index (χ3n) is 4.10. The predicted octanol–water partition coefficient (Wildman–Crippen LogP) is 3.96. The first-order chi connectivity index (χ1) is 13.0. The number of carbonyl (C=O) groups excluding carboxylic acids is 1. The number of halogens is 1. The summed E-state index contributed by atoms with van der Waals surface area (Å²) in [6.45, 7) is 2.80. The molecule has 1 amide bonds. The maximum Gasteiger partial charge on any atom is 0.276 e. The molecule has 0 spiro atoms. The van der Waals surface area contributed by atoms with E-state index in [2.05, 4.69) is 27.9 Å². The number of rotatable bonds is 6.